The van der Waals surface area contributed by atoms with Crippen molar-refractivity contribution in [2.24, 2.45) is 4.99 Å². The number of para-hydroxylation sites is 1. The number of hydrogen-bond donors (Lipinski definition) is 1. The topological polar surface area (TPSA) is 77.4 Å². The highest BCUT2D eigenvalue weighted by Gasteiger charge is 2.33. The van der Waals surface area contributed by atoms with E-state index in [-0.39, 0.29) is 17.9 Å². The molecular formula is C31H28ClNO5S. The third-order valence-corrected chi connectivity index (χ3v) is 6.96. The molecule has 3 aromatic rings. The maximum Gasteiger partial charge on any atom is 0.344 e. The molecule has 0 saturated carbocycles. The van der Waals surface area contributed by atoms with Crippen LogP contribution < -0.4 is 9.47 Å². The Bertz CT molecular complexity index is 1450. The monoisotopic (exact) mass is 561 g/mol. The Morgan fingerprint density at radius 1 is 1.13 bits per heavy atom. The lowest BCUT2D eigenvalue weighted by atomic mass is 10.0. The highest BCUT2D eigenvalue weighted by Crippen LogP contribution is 2.42. The van der Waals surface area contributed by atoms with Crippen LogP contribution in [0.4, 0.5) is 5.69 Å². The Morgan fingerprint density at radius 2 is 1.87 bits per heavy atom. The number of hydrogen-bond acceptors (Lipinski definition) is 7. The lowest BCUT2D eigenvalue weighted by Crippen LogP contribution is -2.12. The number of aliphatic hydroxyl groups excluding tert-OH is 1. The molecule has 0 radical (unpaired) electrons. The first kappa shape index (κ1) is 28.1. The highest BCUT2D eigenvalue weighted by atomic mass is 35.5. The molecule has 0 bridgehead atoms. The van der Waals surface area contributed by atoms with E-state index >= 15 is 0 Å². The summed E-state index contributed by atoms with van der Waals surface area (Å²) in [5, 5.41) is 12.1. The van der Waals surface area contributed by atoms with Gasteiger partial charge in [0.05, 0.1) is 24.3 Å². The number of methoxy groups -OCH3 is 1. The van der Waals surface area contributed by atoms with Crippen LogP contribution in [-0.2, 0) is 22.6 Å². The van der Waals surface area contributed by atoms with Gasteiger partial charge in [0.25, 0.3) is 0 Å². The molecule has 8 heteroatoms. The van der Waals surface area contributed by atoms with Crippen LogP contribution in [-0.4, -0.2) is 29.8 Å². The molecule has 0 saturated heterocycles. The van der Waals surface area contributed by atoms with Crippen molar-refractivity contribution >= 4 is 46.1 Å². The van der Waals surface area contributed by atoms with Crippen LogP contribution in [0, 0.1) is 0 Å². The number of carbonyl (C=O) groups excluding carboxylic acids is 1. The smallest absolute Gasteiger partial charge is 0.344 e. The summed E-state index contributed by atoms with van der Waals surface area (Å²) in [5.74, 6) is 0.328. The maximum atomic E-state index is 12.7. The predicted molar refractivity (Wildman–Crippen MR) is 158 cm³/mol. The molecule has 0 unspecified atom stereocenters. The first-order valence-electron chi connectivity index (χ1n) is 12.3. The molecule has 6 nitrogen and oxygen atoms in total. The number of nitrogens with zero attached hydrogens (tertiary/aromatic N) is 1. The van der Waals surface area contributed by atoms with Crippen LogP contribution in [0.2, 0.25) is 5.02 Å². The summed E-state index contributed by atoms with van der Waals surface area (Å²) < 4.78 is 17.0. The number of rotatable bonds is 10. The molecule has 0 aromatic heterocycles. The normalized spacial score (nSPS) is 15.1. The van der Waals surface area contributed by atoms with Gasteiger partial charge in [-0.25, -0.2) is 9.79 Å². The summed E-state index contributed by atoms with van der Waals surface area (Å²) in [6.45, 7) is 6.10. The number of esters is 1. The van der Waals surface area contributed by atoms with Gasteiger partial charge in [-0.05, 0) is 66.9 Å². The number of halogens is 1. The molecule has 1 heterocycles. The van der Waals surface area contributed by atoms with Gasteiger partial charge in [-0.1, -0.05) is 59.8 Å². The number of ether oxygens (including phenoxy) is 3. The van der Waals surface area contributed by atoms with Gasteiger partial charge < -0.3 is 19.3 Å². The van der Waals surface area contributed by atoms with Gasteiger partial charge in [0.2, 0.25) is 0 Å². The summed E-state index contributed by atoms with van der Waals surface area (Å²) in [6.07, 6.45) is 4.10. The lowest BCUT2D eigenvalue weighted by molar-refractivity contribution is -0.138. The molecular weight excluding hydrogens is 534 g/mol. The SMILES string of the molecule is C=CCc1cc(/C=C2\SC(=Nc3ccccc3)C(C(=O)OCC)=C2O)cc(OC)c1OCc1ccc(Cl)cc1. The van der Waals surface area contributed by atoms with Crippen molar-refractivity contribution in [2.45, 2.75) is 20.0 Å². The number of allylic oxidation sites excluding steroid dienone is 1. The molecule has 1 aliphatic rings. The number of aliphatic imine (C=N–C) groups is 1. The van der Waals surface area contributed by atoms with Crippen LogP contribution in [0.25, 0.3) is 6.08 Å². The molecule has 200 valence electrons. The molecule has 3 aromatic carbocycles. The second-order valence-electron chi connectivity index (χ2n) is 8.43. The van der Waals surface area contributed by atoms with Crippen LogP contribution in [0.15, 0.2) is 101 Å². The van der Waals surface area contributed by atoms with Crippen molar-refractivity contribution in [1.82, 2.24) is 0 Å². The number of carbonyl (C=O) groups is 1. The molecule has 0 atom stereocenters. The first-order valence-corrected chi connectivity index (χ1v) is 13.5. The average molecular weight is 562 g/mol. The molecule has 0 amide bonds. The minimum Gasteiger partial charge on any atom is -0.506 e. The molecule has 0 fully saturated rings. The summed E-state index contributed by atoms with van der Waals surface area (Å²) >= 11 is 7.20. The number of aliphatic hydroxyl groups is 1. The van der Waals surface area contributed by atoms with E-state index in [1.165, 1.54) is 11.8 Å². The van der Waals surface area contributed by atoms with Gasteiger partial charge in [0.1, 0.15) is 23.0 Å². The van der Waals surface area contributed by atoms with E-state index in [1.54, 1.807) is 26.2 Å². The van der Waals surface area contributed by atoms with E-state index in [2.05, 4.69) is 11.6 Å². The van der Waals surface area contributed by atoms with Gasteiger partial charge in [0, 0.05) is 10.6 Å². The van der Waals surface area contributed by atoms with Crippen LogP contribution in [0.5, 0.6) is 11.5 Å². The third-order valence-electron chi connectivity index (χ3n) is 5.69. The minimum absolute atomic E-state index is 0.0400. The van der Waals surface area contributed by atoms with Crippen molar-refractivity contribution in [3.63, 3.8) is 0 Å². The minimum atomic E-state index is -0.628. The van der Waals surface area contributed by atoms with Gasteiger partial charge in [0.15, 0.2) is 11.5 Å². The van der Waals surface area contributed by atoms with E-state index in [0.717, 1.165) is 16.7 Å². The van der Waals surface area contributed by atoms with Crippen molar-refractivity contribution in [2.75, 3.05) is 13.7 Å². The van der Waals surface area contributed by atoms with E-state index in [1.807, 2.05) is 66.7 Å². The van der Waals surface area contributed by atoms with Crippen LogP contribution in [0.3, 0.4) is 0 Å². The highest BCUT2D eigenvalue weighted by molar-refractivity contribution is 8.18. The molecule has 0 spiro atoms. The van der Waals surface area contributed by atoms with E-state index in [9.17, 15) is 9.90 Å². The second kappa shape index (κ2) is 13.2. The summed E-state index contributed by atoms with van der Waals surface area (Å²) in [5.41, 5.74) is 3.28. The second-order valence-corrected chi connectivity index (χ2v) is 9.89. The first-order chi connectivity index (χ1) is 18.9. The largest absolute Gasteiger partial charge is 0.506 e. The zero-order chi connectivity index (χ0) is 27.8. The fourth-order valence-corrected chi connectivity index (χ4v) is 5.05. The Labute approximate surface area is 237 Å². The number of benzene rings is 3. The lowest BCUT2D eigenvalue weighted by Gasteiger charge is -2.16. The van der Waals surface area contributed by atoms with Gasteiger partial charge in [-0.3, -0.25) is 0 Å². The third kappa shape index (κ3) is 6.93. The Hall–Kier alpha value is -3.94. The van der Waals surface area contributed by atoms with E-state index in [4.69, 9.17) is 25.8 Å². The molecule has 4 rings (SSSR count). The fraction of sp³-hybridized carbons (Fsp3) is 0.161. The quantitative estimate of drug-likeness (QED) is 0.201. The van der Waals surface area contributed by atoms with E-state index < -0.39 is 5.97 Å². The molecule has 1 aliphatic heterocycles. The standard InChI is InChI=1S/C31H28ClNO5S/c1-4-9-22-16-21(17-25(36-3)29(22)38-19-20-12-14-23(32)15-13-20)18-26-28(34)27(31(35)37-5-2)30(39-26)33-24-10-7-6-8-11-24/h4,6-8,10-18,34H,1,5,9,19H2,2-3H3/b26-18-,33-30?. The zero-order valence-corrected chi connectivity index (χ0v) is 23.2. The maximum absolute atomic E-state index is 12.7. The number of thioether (sulfide) groups is 1. The Balaban J connectivity index is 1.71. The molecule has 0 aliphatic carbocycles. The van der Waals surface area contributed by atoms with Gasteiger partial charge >= 0.3 is 5.97 Å². The van der Waals surface area contributed by atoms with Crippen LogP contribution in [0.1, 0.15) is 23.6 Å². The van der Waals surface area contributed by atoms with Crippen molar-refractivity contribution in [3.8, 4) is 11.5 Å². The van der Waals surface area contributed by atoms with Crippen molar-refractivity contribution in [1.29, 1.82) is 0 Å². The zero-order valence-electron chi connectivity index (χ0n) is 21.6. The predicted octanol–water partition coefficient (Wildman–Crippen LogP) is 7.85. The average Bonchev–Trinajstić information content (AvgIpc) is 3.23. The van der Waals surface area contributed by atoms with Gasteiger partial charge in [-0.15, -0.1) is 6.58 Å². The van der Waals surface area contributed by atoms with E-state index in [0.29, 0.717) is 45.2 Å². The van der Waals surface area contributed by atoms with Crippen LogP contribution >= 0.6 is 23.4 Å². The molecule has 1 N–H and O–H groups in total. The van der Waals surface area contributed by atoms with Crippen molar-refractivity contribution < 1.29 is 24.1 Å². The van der Waals surface area contributed by atoms with Crippen molar-refractivity contribution in [3.05, 3.63) is 117 Å². The fourth-order valence-electron chi connectivity index (χ4n) is 3.89. The summed E-state index contributed by atoms with van der Waals surface area (Å²) in [7, 11) is 1.57. The Kier molecular flexibility index (Phi) is 9.52. The molecule has 39 heavy (non-hydrogen) atoms. The van der Waals surface area contributed by atoms with Gasteiger partial charge in [-0.2, -0.15) is 0 Å². The summed E-state index contributed by atoms with van der Waals surface area (Å²) in [4.78, 5) is 17.8. The summed E-state index contributed by atoms with van der Waals surface area (Å²) in [6, 6.07) is 20.4. The Morgan fingerprint density at radius 3 is 2.54 bits per heavy atom.